The first kappa shape index (κ1) is 59.6. The fraction of sp³-hybridized carbons (Fsp3) is 0.702. The lowest BCUT2D eigenvalue weighted by atomic mass is 10.1. The van der Waals surface area contributed by atoms with Crippen molar-refractivity contribution in [1.29, 1.82) is 0 Å². The first-order valence-electron chi connectivity index (χ1n) is 26.1. The normalized spacial score (nSPS) is 12.7. The van der Waals surface area contributed by atoms with Crippen LogP contribution in [0.4, 0.5) is 0 Å². The molecule has 0 aliphatic rings. The van der Waals surface area contributed by atoms with Gasteiger partial charge in [-0.25, -0.2) is 0 Å². The molecule has 0 saturated carbocycles. The van der Waals surface area contributed by atoms with E-state index >= 15 is 0 Å². The van der Waals surface area contributed by atoms with E-state index in [0.717, 1.165) is 135 Å². The molecule has 0 spiro atoms. The molecule has 0 aromatic rings. The minimum Gasteiger partial charge on any atom is -0.462 e. The Morgan fingerprint density at radius 1 is 0.333 bits per heavy atom. The zero-order chi connectivity index (χ0) is 45.8. The summed E-state index contributed by atoms with van der Waals surface area (Å²) in [6.07, 6.45) is 65.7. The van der Waals surface area contributed by atoms with Crippen molar-refractivity contribution in [2.45, 2.75) is 245 Å². The van der Waals surface area contributed by atoms with Gasteiger partial charge in [-0.15, -0.1) is 0 Å². The van der Waals surface area contributed by atoms with Crippen molar-refractivity contribution in [2.24, 2.45) is 0 Å². The predicted molar refractivity (Wildman–Crippen MR) is 270 cm³/mol. The first-order chi connectivity index (χ1) is 31.0. The molecule has 0 radical (unpaired) electrons. The Morgan fingerprint density at radius 3 is 1.00 bits per heavy atom. The van der Waals surface area contributed by atoms with Crippen LogP contribution in [-0.2, 0) is 28.6 Å². The van der Waals surface area contributed by atoms with Crippen molar-refractivity contribution in [3.8, 4) is 0 Å². The van der Waals surface area contributed by atoms with Crippen molar-refractivity contribution in [2.75, 3.05) is 13.2 Å². The summed E-state index contributed by atoms with van der Waals surface area (Å²) in [5.74, 6) is -0.925. The van der Waals surface area contributed by atoms with Gasteiger partial charge in [0.05, 0.1) is 0 Å². The topological polar surface area (TPSA) is 78.9 Å². The number of hydrogen-bond acceptors (Lipinski definition) is 6. The highest BCUT2D eigenvalue weighted by Gasteiger charge is 2.19. The fourth-order valence-electron chi connectivity index (χ4n) is 6.97. The van der Waals surface area contributed by atoms with E-state index in [9.17, 15) is 14.4 Å². The molecule has 6 heteroatoms. The summed E-state index contributed by atoms with van der Waals surface area (Å²) in [5, 5.41) is 0. The van der Waals surface area contributed by atoms with Crippen LogP contribution in [0.5, 0.6) is 0 Å². The highest BCUT2D eigenvalue weighted by atomic mass is 16.6. The summed E-state index contributed by atoms with van der Waals surface area (Å²) in [6.45, 7) is 6.45. The minimum atomic E-state index is -0.789. The molecule has 1 unspecified atom stereocenters. The van der Waals surface area contributed by atoms with Crippen molar-refractivity contribution in [3.05, 3.63) is 85.1 Å². The molecule has 0 heterocycles. The summed E-state index contributed by atoms with van der Waals surface area (Å²) in [5.41, 5.74) is 0. The lowest BCUT2D eigenvalue weighted by Crippen LogP contribution is -2.30. The largest absolute Gasteiger partial charge is 0.462 e. The molecule has 0 amide bonds. The van der Waals surface area contributed by atoms with E-state index in [4.69, 9.17) is 14.2 Å². The van der Waals surface area contributed by atoms with E-state index in [0.29, 0.717) is 19.3 Å². The van der Waals surface area contributed by atoms with Crippen LogP contribution in [0.1, 0.15) is 239 Å². The van der Waals surface area contributed by atoms with E-state index in [1.165, 1.54) is 64.2 Å². The van der Waals surface area contributed by atoms with Crippen molar-refractivity contribution in [1.82, 2.24) is 0 Å². The van der Waals surface area contributed by atoms with Gasteiger partial charge in [-0.1, -0.05) is 209 Å². The quantitative estimate of drug-likeness (QED) is 0.0262. The molecule has 0 aromatic heterocycles. The average molecular weight is 877 g/mol. The Labute approximate surface area is 388 Å². The van der Waals surface area contributed by atoms with Crippen LogP contribution < -0.4 is 0 Å². The Kier molecular flexibility index (Phi) is 48.5. The third-order valence-corrected chi connectivity index (χ3v) is 10.9. The summed E-state index contributed by atoms with van der Waals surface area (Å²) in [7, 11) is 0. The van der Waals surface area contributed by atoms with Crippen LogP contribution in [0.2, 0.25) is 0 Å². The van der Waals surface area contributed by atoms with Gasteiger partial charge in [-0.3, -0.25) is 14.4 Å². The maximum Gasteiger partial charge on any atom is 0.306 e. The molecule has 0 aliphatic carbocycles. The van der Waals surface area contributed by atoms with Gasteiger partial charge in [-0.05, 0) is 96.3 Å². The minimum absolute atomic E-state index is 0.0880. The number of carbonyl (C=O) groups excluding carboxylic acids is 3. The maximum absolute atomic E-state index is 12.8. The standard InChI is InChI=1S/C57H96O6/c1-4-7-10-13-16-19-21-23-25-26-27-28-29-30-32-33-35-38-41-44-47-50-56(59)62-53-54(52-61-55(58)49-46-43-40-37-18-15-12-9-6-3)63-57(60)51-48-45-42-39-36-34-31-24-22-20-17-14-11-8-5-2/h7,10,16-17,19-20,23-25,27-28,30-32,54H,4-6,8-9,11-15,18,21-22,26,29,33-53H2,1-3H3/b10-7-,19-16-,20-17-,25-23-,28-27-,31-24-,32-30-. The van der Waals surface area contributed by atoms with Crippen molar-refractivity contribution in [3.63, 3.8) is 0 Å². The molecular formula is C57H96O6. The van der Waals surface area contributed by atoms with Crippen LogP contribution in [0.25, 0.3) is 0 Å². The molecule has 1 atom stereocenters. The lowest BCUT2D eigenvalue weighted by Gasteiger charge is -2.18. The van der Waals surface area contributed by atoms with Crippen LogP contribution in [0, 0.1) is 0 Å². The number of ether oxygens (including phenoxy) is 3. The van der Waals surface area contributed by atoms with Gasteiger partial charge in [-0.2, -0.15) is 0 Å². The SMILES string of the molecule is CC/C=C\C/C=C\C/C=C\C/C=C\C/C=C\CCCCCCCC(=O)OCC(COC(=O)CCCCCCCCCCC)OC(=O)CCCCCCC/C=C\C/C=C\CCCCC. The van der Waals surface area contributed by atoms with Gasteiger partial charge < -0.3 is 14.2 Å². The van der Waals surface area contributed by atoms with E-state index in [1.54, 1.807) is 0 Å². The summed E-state index contributed by atoms with van der Waals surface area (Å²) in [4.78, 5) is 37.9. The molecule has 0 aromatic carbocycles. The summed E-state index contributed by atoms with van der Waals surface area (Å²) in [6, 6.07) is 0. The molecule has 0 saturated heterocycles. The van der Waals surface area contributed by atoms with Crippen molar-refractivity contribution >= 4 is 17.9 Å². The monoisotopic (exact) mass is 877 g/mol. The number of hydrogen-bond donors (Lipinski definition) is 0. The number of rotatable bonds is 46. The van der Waals surface area contributed by atoms with E-state index in [2.05, 4.69) is 106 Å². The number of esters is 3. The smallest absolute Gasteiger partial charge is 0.306 e. The fourth-order valence-corrected chi connectivity index (χ4v) is 6.97. The third kappa shape index (κ3) is 49.5. The predicted octanol–water partition coefficient (Wildman–Crippen LogP) is 17.2. The zero-order valence-electron chi connectivity index (χ0n) is 41.1. The molecule has 0 fully saturated rings. The Morgan fingerprint density at radius 2 is 0.619 bits per heavy atom. The van der Waals surface area contributed by atoms with E-state index in [-0.39, 0.29) is 31.1 Å². The Bertz CT molecular complexity index is 1240. The molecular weight excluding hydrogens is 781 g/mol. The van der Waals surface area contributed by atoms with Crippen LogP contribution in [0.3, 0.4) is 0 Å². The van der Waals surface area contributed by atoms with Gasteiger partial charge >= 0.3 is 17.9 Å². The third-order valence-electron chi connectivity index (χ3n) is 10.9. The molecule has 0 N–H and O–H groups in total. The summed E-state index contributed by atoms with van der Waals surface area (Å²) < 4.78 is 16.7. The molecule has 0 aliphatic heterocycles. The second-order valence-corrected chi connectivity index (χ2v) is 17.1. The maximum atomic E-state index is 12.8. The van der Waals surface area contributed by atoms with Crippen LogP contribution in [-0.4, -0.2) is 37.2 Å². The Balaban J connectivity index is 4.37. The number of allylic oxidation sites excluding steroid dienone is 14. The van der Waals surface area contributed by atoms with Gasteiger partial charge in [0.2, 0.25) is 0 Å². The van der Waals surface area contributed by atoms with E-state index < -0.39 is 6.10 Å². The highest BCUT2D eigenvalue weighted by molar-refractivity contribution is 5.71. The average Bonchev–Trinajstić information content (AvgIpc) is 3.28. The first-order valence-corrected chi connectivity index (χ1v) is 26.1. The number of unbranched alkanes of at least 4 members (excludes halogenated alkanes) is 21. The van der Waals surface area contributed by atoms with E-state index in [1.807, 2.05) is 0 Å². The van der Waals surface area contributed by atoms with Gasteiger partial charge in [0.1, 0.15) is 13.2 Å². The lowest BCUT2D eigenvalue weighted by molar-refractivity contribution is -0.167. The van der Waals surface area contributed by atoms with Gasteiger partial charge in [0, 0.05) is 19.3 Å². The molecule has 6 nitrogen and oxygen atoms in total. The highest BCUT2D eigenvalue weighted by Crippen LogP contribution is 2.14. The van der Waals surface area contributed by atoms with Crippen molar-refractivity contribution < 1.29 is 28.6 Å². The second kappa shape index (κ2) is 51.2. The zero-order valence-corrected chi connectivity index (χ0v) is 41.1. The van der Waals surface area contributed by atoms with Crippen LogP contribution >= 0.6 is 0 Å². The molecule has 63 heavy (non-hydrogen) atoms. The number of carbonyl (C=O) groups is 3. The molecule has 0 bridgehead atoms. The van der Waals surface area contributed by atoms with Gasteiger partial charge in [0.25, 0.3) is 0 Å². The van der Waals surface area contributed by atoms with Gasteiger partial charge in [0.15, 0.2) is 6.10 Å². The Hall–Kier alpha value is -3.41. The molecule has 0 rings (SSSR count). The van der Waals surface area contributed by atoms with Crippen LogP contribution in [0.15, 0.2) is 85.1 Å². The molecule has 360 valence electrons. The summed E-state index contributed by atoms with van der Waals surface area (Å²) >= 11 is 0. The second-order valence-electron chi connectivity index (χ2n) is 17.1.